The van der Waals surface area contributed by atoms with Crippen LogP contribution < -0.4 is 4.90 Å². The van der Waals surface area contributed by atoms with Crippen LogP contribution in [0, 0.1) is 0 Å². The van der Waals surface area contributed by atoms with E-state index in [1.807, 2.05) is 11.3 Å². The number of nitrogens with zero attached hydrogens (tertiary/aromatic N) is 1. The molecule has 0 radical (unpaired) electrons. The molecule has 0 atom stereocenters. The maximum Gasteiger partial charge on any atom is 0.0540 e. The van der Waals surface area contributed by atoms with E-state index in [1.165, 1.54) is 70.2 Å². The van der Waals surface area contributed by atoms with Crippen LogP contribution in [0.2, 0.25) is 0 Å². The number of benzene rings is 9. The van der Waals surface area contributed by atoms with E-state index in [1.54, 1.807) is 0 Å². The fourth-order valence-corrected chi connectivity index (χ4v) is 9.38. The molecule has 0 fully saturated rings. The average Bonchev–Trinajstić information content (AvgIpc) is 3.67. The molecule has 0 saturated heterocycles. The van der Waals surface area contributed by atoms with E-state index in [0.29, 0.717) is 0 Å². The summed E-state index contributed by atoms with van der Waals surface area (Å²) in [5.74, 6) is 0. The monoisotopic (exact) mass is 731 g/mol. The first kappa shape index (κ1) is 33.6. The molecule has 0 aliphatic rings. The zero-order chi connectivity index (χ0) is 37.3. The third kappa shape index (κ3) is 6.07. The van der Waals surface area contributed by atoms with Gasteiger partial charge in [0.15, 0.2) is 0 Å². The summed E-state index contributed by atoms with van der Waals surface area (Å²) in [6.07, 6.45) is 0. The summed E-state index contributed by atoms with van der Waals surface area (Å²) in [5.41, 5.74) is 15.3. The molecular formula is C54H37NS. The summed E-state index contributed by atoms with van der Waals surface area (Å²) in [7, 11) is 0. The number of thiophene rings is 1. The van der Waals surface area contributed by atoms with Gasteiger partial charge >= 0.3 is 0 Å². The number of anilines is 3. The molecule has 0 saturated carbocycles. The first-order valence-electron chi connectivity index (χ1n) is 19.1. The van der Waals surface area contributed by atoms with Gasteiger partial charge in [0.1, 0.15) is 0 Å². The highest BCUT2D eigenvalue weighted by atomic mass is 32.1. The number of hydrogen-bond acceptors (Lipinski definition) is 2. The molecule has 9 aromatic carbocycles. The van der Waals surface area contributed by atoms with Crippen LogP contribution in [0.5, 0.6) is 0 Å². The third-order valence-electron chi connectivity index (χ3n) is 10.7. The van der Waals surface area contributed by atoms with E-state index in [-0.39, 0.29) is 0 Å². The van der Waals surface area contributed by atoms with Crippen LogP contribution in [0.15, 0.2) is 224 Å². The first-order chi connectivity index (χ1) is 27.8. The molecule has 0 aliphatic carbocycles. The van der Waals surface area contributed by atoms with E-state index < -0.39 is 0 Å². The second kappa shape index (κ2) is 14.7. The third-order valence-corrected chi connectivity index (χ3v) is 12.0. The van der Waals surface area contributed by atoms with Crippen molar-refractivity contribution in [2.24, 2.45) is 0 Å². The quantitative estimate of drug-likeness (QED) is 0.150. The van der Waals surface area contributed by atoms with Gasteiger partial charge in [0.2, 0.25) is 0 Å². The second-order valence-electron chi connectivity index (χ2n) is 14.0. The van der Waals surface area contributed by atoms with Crippen molar-refractivity contribution in [2.75, 3.05) is 4.90 Å². The molecule has 1 nitrogen and oxygen atoms in total. The molecule has 10 aromatic rings. The zero-order valence-electron chi connectivity index (χ0n) is 30.7. The Balaban J connectivity index is 1.16. The van der Waals surface area contributed by atoms with E-state index in [0.717, 1.165) is 22.6 Å². The van der Waals surface area contributed by atoms with Crippen LogP contribution in [0.4, 0.5) is 17.1 Å². The molecule has 1 aromatic heterocycles. The molecule has 10 rings (SSSR count). The molecule has 0 amide bonds. The molecule has 1 heterocycles. The fourth-order valence-electron chi connectivity index (χ4n) is 8.14. The average molecular weight is 732 g/mol. The Kier molecular flexibility index (Phi) is 8.79. The Hall–Kier alpha value is -7.00. The van der Waals surface area contributed by atoms with E-state index in [4.69, 9.17) is 0 Å². The normalized spacial score (nSPS) is 11.2. The van der Waals surface area contributed by atoms with Gasteiger partial charge < -0.3 is 4.90 Å². The molecule has 0 spiro atoms. The minimum atomic E-state index is 1.09. The zero-order valence-corrected chi connectivity index (χ0v) is 31.5. The lowest BCUT2D eigenvalue weighted by Gasteiger charge is -2.30. The van der Waals surface area contributed by atoms with Crippen LogP contribution >= 0.6 is 11.3 Å². The van der Waals surface area contributed by atoms with Crippen molar-refractivity contribution in [3.63, 3.8) is 0 Å². The van der Waals surface area contributed by atoms with Crippen molar-refractivity contribution in [1.82, 2.24) is 0 Å². The van der Waals surface area contributed by atoms with Crippen molar-refractivity contribution >= 4 is 48.6 Å². The van der Waals surface area contributed by atoms with Crippen LogP contribution in [0.25, 0.3) is 75.8 Å². The number of rotatable bonds is 8. The SMILES string of the molecule is c1ccc(-c2ccccc2-c2ccccc2-c2ccccc2N(c2ccc(-c3cccc4c3sc3ccccc34)cc2)c2ccccc2-c2ccccc2)cc1. The summed E-state index contributed by atoms with van der Waals surface area (Å²) in [6.45, 7) is 0. The molecule has 264 valence electrons. The standard InChI is InChI=1S/C54H37NS/c1-3-18-38(19-4-1)42-22-7-8-24-45(42)46-25-9-10-26-47(46)48-27-12-15-32-52(48)55(51-31-14-11-23-43(51)39-20-5-2-6-21-39)41-36-34-40(35-37-41)44-29-17-30-50-49-28-13-16-33-53(49)56-54(44)50/h1-37H. The van der Waals surface area contributed by atoms with Gasteiger partial charge in [-0.25, -0.2) is 0 Å². The molecular weight excluding hydrogens is 695 g/mol. The van der Waals surface area contributed by atoms with Crippen LogP contribution in [-0.2, 0) is 0 Å². The second-order valence-corrected chi connectivity index (χ2v) is 15.1. The van der Waals surface area contributed by atoms with Crippen LogP contribution in [0.3, 0.4) is 0 Å². The number of hydrogen-bond donors (Lipinski definition) is 0. The van der Waals surface area contributed by atoms with Crippen molar-refractivity contribution in [3.8, 4) is 55.6 Å². The van der Waals surface area contributed by atoms with Crippen molar-refractivity contribution in [3.05, 3.63) is 224 Å². The van der Waals surface area contributed by atoms with Crippen LogP contribution in [0.1, 0.15) is 0 Å². The van der Waals surface area contributed by atoms with E-state index in [2.05, 4.69) is 229 Å². The predicted molar refractivity (Wildman–Crippen MR) is 241 cm³/mol. The minimum absolute atomic E-state index is 1.09. The van der Waals surface area contributed by atoms with Gasteiger partial charge in [0.05, 0.1) is 11.4 Å². The van der Waals surface area contributed by atoms with Crippen LogP contribution in [-0.4, -0.2) is 0 Å². The van der Waals surface area contributed by atoms with Crippen molar-refractivity contribution in [1.29, 1.82) is 0 Å². The molecule has 0 bridgehead atoms. The molecule has 0 aliphatic heterocycles. The number of para-hydroxylation sites is 2. The van der Waals surface area contributed by atoms with E-state index >= 15 is 0 Å². The van der Waals surface area contributed by atoms with E-state index in [9.17, 15) is 0 Å². The van der Waals surface area contributed by atoms with Gasteiger partial charge in [-0.3, -0.25) is 0 Å². The maximum absolute atomic E-state index is 2.45. The van der Waals surface area contributed by atoms with Gasteiger partial charge in [-0.2, -0.15) is 0 Å². The highest BCUT2D eigenvalue weighted by Crippen LogP contribution is 2.48. The minimum Gasteiger partial charge on any atom is -0.309 e. The van der Waals surface area contributed by atoms with Gasteiger partial charge in [-0.1, -0.05) is 194 Å². The fraction of sp³-hybridized carbons (Fsp3) is 0. The summed E-state index contributed by atoms with van der Waals surface area (Å²) in [5, 5.41) is 2.63. The summed E-state index contributed by atoms with van der Waals surface area (Å²) < 4.78 is 2.64. The first-order valence-corrected chi connectivity index (χ1v) is 19.9. The smallest absolute Gasteiger partial charge is 0.0540 e. The highest BCUT2D eigenvalue weighted by Gasteiger charge is 2.22. The summed E-state index contributed by atoms with van der Waals surface area (Å²) in [6, 6.07) is 81.3. The molecule has 0 N–H and O–H groups in total. The Bertz CT molecular complexity index is 2960. The van der Waals surface area contributed by atoms with Gasteiger partial charge in [0.25, 0.3) is 0 Å². The Labute approximate surface area is 332 Å². The van der Waals surface area contributed by atoms with Gasteiger partial charge in [-0.15, -0.1) is 11.3 Å². The molecule has 2 heteroatoms. The lowest BCUT2D eigenvalue weighted by molar-refractivity contribution is 1.28. The van der Waals surface area contributed by atoms with Gasteiger partial charge in [-0.05, 0) is 74.8 Å². The topological polar surface area (TPSA) is 3.24 Å². The highest BCUT2D eigenvalue weighted by molar-refractivity contribution is 7.26. The molecule has 56 heavy (non-hydrogen) atoms. The largest absolute Gasteiger partial charge is 0.309 e. The molecule has 0 unspecified atom stereocenters. The number of fused-ring (bicyclic) bond motifs is 3. The summed E-state index contributed by atoms with van der Waals surface area (Å²) in [4.78, 5) is 2.45. The summed E-state index contributed by atoms with van der Waals surface area (Å²) >= 11 is 1.88. The lowest BCUT2D eigenvalue weighted by Crippen LogP contribution is -2.12. The maximum atomic E-state index is 2.45. The Morgan fingerprint density at radius 3 is 1.38 bits per heavy atom. The predicted octanol–water partition coefficient (Wildman–Crippen LogP) is 15.9. The van der Waals surface area contributed by atoms with Crippen molar-refractivity contribution < 1.29 is 0 Å². The van der Waals surface area contributed by atoms with Gasteiger partial charge in [0, 0.05) is 37.0 Å². The van der Waals surface area contributed by atoms with Crippen molar-refractivity contribution in [2.45, 2.75) is 0 Å². The Morgan fingerprint density at radius 1 is 0.268 bits per heavy atom. The Morgan fingerprint density at radius 2 is 0.696 bits per heavy atom. The lowest BCUT2D eigenvalue weighted by atomic mass is 9.88.